The lowest BCUT2D eigenvalue weighted by atomic mass is 9.88. The van der Waals surface area contributed by atoms with Gasteiger partial charge in [-0.25, -0.2) is 0 Å². The zero-order chi connectivity index (χ0) is 11.5. The van der Waals surface area contributed by atoms with Crippen molar-refractivity contribution in [3.63, 3.8) is 0 Å². The van der Waals surface area contributed by atoms with Crippen molar-refractivity contribution in [3.8, 4) is 0 Å². The Morgan fingerprint density at radius 1 is 1.31 bits per heavy atom. The van der Waals surface area contributed by atoms with Gasteiger partial charge < -0.3 is 10.5 Å². The van der Waals surface area contributed by atoms with Gasteiger partial charge in [0.15, 0.2) is 0 Å². The maximum absolute atomic E-state index is 11.9. The molecule has 0 aromatic carbocycles. The van der Waals surface area contributed by atoms with Crippen LogP contribution in [0.15, 0.2) is 12.2 Å². The molecule has 0 spiro atoms. The summed E-state index contributed by atoms with van der Waals surface area (Å²) in [4.78, 5) is 11.9. The van der Waals surface area contributed by atoms with Crippen LogP contribution in [-0.4, -0.2) is 18.1 Å². The third-order valence-electron chi connectivity index (χ3n) is 3.72. The molecule has 16 heavy (non-hydrogen) atoms. The van der Waals surface area contributed by atoms with E-state index in [4.69, 9.17) is 10.5 Å². The fourth-order valence-corrected chi connectivity index (χ4v) is 2.60. The first-order chi connectivity index (χ1) is 7.66. The van der Waals surface area contributed by atoms with E-state index in [1.807, 2.05) is 12.2 Å². The third-order valence-corrected chi connectivity index (χ3v) is 3.72. The van der Waals surface area contributed by atoms with E-state index in [1.165, 1.54) is 19.3 Å². The second-order valence-electron chi connectivity index (χ2n) is 5.13. The van der Waals surface area contributed by atoms with Crippen molar-refractivity contribution in [1.82, 2.24) is 0 Å². The minimum Gasteiger partial charge on any atom is -0.462 e. The van der Waals surface area contributed by atoms with Gasteiger partial charge >= 0.3 is 5.97 Å². The van der Waals surface area contributed by atoms with Crippen molar-refractivity contribution in [3.05, 3.63) is 12.2 Å². The Bertz CT molecular complexity index is 288. The molecule has 4 unspecified atom stereocenters. The van der Waals surface area contributed by atoms with Gasteiger partial charge in [0, 0.05) is 6.04 Å². The molecule has 90 valence electrons. The predicted molar refractivity (Wildman–Crippen MR) is 62.7 cm³/mol. The van der Waals surface area contributed by atoms with Gasteiger partial charge in [-0.15, -0.1) is 0 Å². The quantitative estimate of drug-likeness (QED) is 0.575. The minimum absolute atomic E-state index is 0.0290. The summed E-state index contributed by atoms with van der Waals surface area (Å²) in [5, 5.41) is 0. The Morgan fingerprint density at radius 2 is 2.06 bits per heavy atom. The molecule has 0 bridgehead atoms. The van der Waals surface area contributed by atoms with E-state index >= 15 is 0 Å². The summed E-state index contributed by atoms with van der Waals surface area (Å²) >= 11 is 0. The Kier molecular flexibility index (Phi) is 3.64. The van der Waals surface area contributed by atoms with E-state index in [9.17, 15) is 4.79 Å². The first kappa shape index (κ1) is 11.6. The van der Waals surface area contributed by atoms with Crippen LogP contribution in [-0.2, 0) is 9.53 Å². The Balaban J connectivity index is 1.84. The first-order valence-electron chi connectivity index (χ1n) is 6.31. The number of rotatable bonds is 2. The maximum atomic E-state index is 11.9. The van der Waals surface area contributed by atoms with Crippen LogP contribution in [0.5, 0.6) is 0 Å². The summed E-state index contributed by atoms with van der Waals surface area (Å²) in [6.07, 6.45) is 9.28. The second-order valence-corrected chi connectivity index (χ2v) is 5.13. The molecule has 2 aliphatic rings. The monoisotopic (exact) mass is 223 g/mol. The Morgan fingerprint density at radius 3 is 2.69 bits per heavy atom. The SMILES string of the molecule is CC1CCCCC1OC(=O)C1C=CC(N)C1. The molecule has 2 N–H and O–H groups in total. The second kappa shape index (κ2) is 5.00. The van der Waals surface area contributed by atoms with Gasteiger partial charge in [0.25, 0.3) is 0 Å². The molecule has 4 atom stereocenters. The summed E-state index contributed by atoms with van der Waals surface area (Å²) in [5.41, 5.74) is 5.73. The smallest absolute Gasteiger partial charge is 0.313 e. The topological polar surface area (TPSA) is 52.3 Å². The van der Waals surface area contributed by atoms with Crippen LogP contribution >= 0.6 is 0 Å². The average Bonchev–Trinajstić information content (AvgIpc) is 2.68. The van der Waals surface area contributed by atoms with Gasteiger partial charge in [0.1, 0.15) is 6.10 Å². The largest absolute Gasteiger partial charge is 0.462 e. The van der Waals surface area contributed by atoms with Crippen LogP contribution in [0.4, 0.5) is 0 Å². The van der Waals surface area contributed by atoms with E-state index < -0.39 is 0 Å². The number of ether oxygens (including phenoxy) is 1. The molecular formula is C13H21NO2. The number of carbonyl (C=O) groups excluding carboxylic acids is 1. The van der Waals surface area contributed by atoms with Crippen molar-refractivity contribution >= 4 is 5.97 Å². The van der Waals surface area contributed by atoms with Gasteiger partial charge in [-0.3, -0.25) is 4.79 Å². The average molecular weight is 223 g/mol. The maximum Gasteiger partial charge on any atom is 0.313 e. The van der Waals surface area contributed by atoms with E-state index in [-0.39, 0.29) is 24.0 Å². The van der Waals surface area contributed by atoms with E-state index in [2.05, 4.69) is 6.92 Å². The number of hydrogen-bond acceptors (Lipinski definition) is 3. The van der Waals surface area contributed by atoms with Gasteiger partial charge in [-0.1, -0.05) is 25.5 Å². The van der Waals surface area contributed by atoms with Gasteiger partial charge in [-0.05, 0) is 31.6 Å². The third kappa shape index (κ3) is 2.64. The summed E-state index contributed by atoms with van der Waals surface area (Å²) in [6, 6.07) is 0.0290. The summed E-state index contributed by atoms with van der Waals surface area (Å²) < 4.78 is 5.59. The molecular weight excluding hydrogens is 202 g/mol. The highest BCUT2D eigenvalue weighted by molar-refractivity contribution is 5.75. The summed E-state index contributed by atoms with van der Waals surface area (Å²) in [7, 11) is 0. The number of hydrogen-bond donors (Lipinski definition) is 1. The van der Waals surface area contributed by atoms with Crippen molar-refractivity contribution in [2.45, 2.75) is 51.2 Å². The zero-order valence-electron chi connectivity index (χ0n) is 9.89. The highest BCUT2D eigenvalue weighted by atomic mass is 16.5. The number of nitrogens with two attached hydrogens (primary N) is 1. The van der Waals surface area contributed by atoms with E-state index in [0.717, 1.165) is 6.42 Å². The standard InChI is InChI=1S/C13H21NO2/c1-9-4-2-3-5-12(9)16-13(15)10-6-7-11(14)8-10/h6-7,9-12H,2-5,8,14H2,1H3. The van der Waals surface area contributed by atoms with Gasteiger partial charge in [0.2, 0.25) is 0 Å². The molecule has 0 aliphatic heterocycles. The predicted octanol–water partition coefficient (Wildman–Crippen LogP) is 2.01. The molecule has 1 saturated carbocycles. The molecule has 0 radical (unpaired) electrons. The number of carbonyl (C=O) groups is 1. The molecule has 3 nitrogen and oxygen atoms in total. The van der Waals surface area contributed by atoms with Crippen LogP contribution in [0.25, 0.3) is 0 Å². The minimum atomic E-state index is -0.107. The van der Waals surface area contributed by atoms with Crippen LogP contribution < -0.4 is 5.73 Å². The molecule has 2 aliphatic carbocycles. The lowest BCUT2D eigenvalue weighted by molar-refractivity contribution is -0.156. The molecule has 1 fully saturated rings. The Labute approximate surface area is 97.0 Å². The molecule has 0 heterocycles. The van der Waals surface area contributed by atoms with E-state index in [1.54, 1.807) is 0 Å². The van der Waals surface area contributed by atoms with Crippen molar-refractivity contribution < 1.29 is 9.53 Å². The fourth-order valence-electron chi connectivity index (χ4n) is 2.60. The van der Waals surface area contributed by atoms with Crippen molar-refractivity contribution in [2.75, 3.05) is 0 Å². The van der Waals surface area contributed by atoms with Crippen molar-refractivity contribution in [2.24, 2.45) is 17.6 Å². The summed E-state index contributed by atoms with van der Waals surface area (Å²) in [6.45, 7) is 2.17. The fraction of sp³-hybridized carbons (Fsp3) is 0.769. The molecule has 0 amide bonds. The Hall–Kier alpha value is -0.830. The molecule has 2 rings (SSSR count). The van der Waals surface area contributed by atoms with Gasteiger partial charge in [0.05, 0.1) is 5.92 Å². The number of esters is 1. The lowest BCUT2D eigenvalue weighted by Crippen LogP contribution is -2.31. The molecule has 3 heteroatoms. The molecule has 0 aromatic heterocycles. The van der Waals surface area contributed by atoms with Crippen LogP contribution in [0, 0.1) is 11.8 Å². The van der Waals surface area contributed by atoms with E-state index in [0.29, 0.717) is 12.3 Å². The highest BCUT2D eigenvalue weighted by Crippen LogP contribution is 2.28. The van der Waals surface area contributed by atoms with Crippen molar-refractivity contribution in [1.29, 1.82) is 0 Å². The van der Waals surface area contributed by atoms with Gasteiger partial charge in [-0.2, -0.15) is 0 Å². The molecule has 0 aromatic rings. The molecule has 0 saturated heterocycles. The van der Waals surface area contributed by atoms with Crippen LogP contribution in [0.3, 0.4) is 0 Å². The van der Waals surface area contributed by atoms with Crippen LogP contribution in [0.2, 0.25) is 0 Å². The normalized spacial score (nSPS) is 38.6. The summed E-state index contributed by atoms with van der Waals surface area (Å²) in [5.74, 6) is 0.323. The zero-order valence-corrected chi connectivity index (χ0v) is 9.89. The van der Waals surface area contributed by atoms with Crippen LogP contribution in [0.1, 0.15) is 39.0 Å². The lowest BCUT2D eigenvalue weighted by Gasteiger charge is -2.29. The highest BCUT2D eigenvalue weighted by Gasteiger charge is 2.29. The first-order valence-corrected chi connectivity index (χ1v) is 6.31.